The minimum absolute atomic E-state index is 0.0685. The van der Waals surface area contributed by atoms with Crippen LogP contribution in [0.15, 0.2) is 42.5 Å². The van der Waals surface area contributed by atoms with Gasteiger partial charge in [0.25, 0.3) is 5.91 Å². The number of carbonyl (C=O) groups is 2. The van der Waals surface area contributed by atoms with Gasteiger partial charge in [-0.3, -0.25) is 9.59 Å². The van der Waals surface area contributed by atoms with Crippen molar-refractivity contribution < 1.29 is 14.3 Å². The summed E-state index contributed by atoms with van der Waals surface area (Å²) >= 11 is 0. The third-order valence-electron chi connectivity index (χ3n) is 4.26. The molecule has 0 bridgehead atoms. The molecular formula is C22H29N3O3. The van der Waals surface area contributed by atoms with E-state index in [4.69, 9.17) is 4.74 Å². The number of ether oxygens (including phenoxy) is 1. The van der Waals surface area contributed by atoms with Crippen molar-refractivity contribution in [1.29, 1.82) is 0 Å². The van der Waals surface area contributed by atoms with Crippen molar-refractivity contribution in [1.82, 2.24) is 5.32 Å². The highest BCUT2D eigenvalue weighted by Crippen LogP contribution is 2.22. The molecule has 0 spiro atoms. The number of carbonyl (C=O) groups excluding carboxylic acids is 2. The predicted octanol–water partition coefficient (Wildman–Crippen LogP) is 3.61. The third kappa shape index (κ3) is 6.01. The average Bonchev–Trinajstić information content (AvgIpc) is 2.65. The fourth-order valence-corrected chi connectivity index (χ4v) is 2.94. The maximum Gasteiger partial charge on any atom is 0.255 e. The van der Waals surface area contributed by atoms with Crippen molar-refractivity contribution in [3.63, 3.8) is 0 Å². The SMILES string of the molecule is CCOc1ccccc1C(=O)NCCCC(=O)Nc1ccc(N(C)C)c(C)c1. The Kier molecular flexibility index (Phi) is 7.87. The summed E-state index contributed by atoms with van der Waals surface area (Å²) in [5, 5.41) is 5.75. The minimum Gasteiger partial charge on any atom is -0.493 e. The second-order valence-electron chi connectivity index (χ2n) is 6.73. The summed E-state index contributed by atoms with van der Waals surface area (Å²) in [5.74, 6) is 0.303. The summed E-state index contributed by atoms with van der Waals surface area (Å²) in [6.07, 6.45) is 0.894. The maximum atomic E-state index is 12.3. The van der Waals surface area contributed by atoms with Crippen LogP contribution >= 0.6 is 0 Å². The number of aryl methyl sites for hydroxylation is 1. The van der Waals surface area contributed by atoms with Crippen LogP contribution < -0.4 is 20.3 Å². The molecule has 2 amide bonds. The summed E-state index contributed by atoms with van der Waals surface area (Å²) in [4.78, 5) is 26.5. The quantitative estimate of drug-likeness (QED) is 0.649. The lowest BCUT2D eigenvalue weighted by Crippen LogP contribution is -2.26. The first kappa shape index (κ1) is 21.3. The van der Waals surface area contributed by atoms with Gasteiger partial charge in [-0.25, -0.2) is 0 Å². The predicted molar refractivity (Wildman–Crippen MR) is 113 cm³/mol. The van der Waals surface area contributed by atoms with Gasteiger partial charge in [-0.05, 0) is 56.2 Å². The Bertz CT molecular complexity index is 818. The summed E-state index contributed by atoms with van der Waals surface area (Å²) in [7, 11) is 3.98. The van der Waals surface area contributed by atoms with Gasteiger partial charge in [0.15, 0.2) is 0 Å². The molecule has 28 heavy (non-hydrogen) atoms. The van der Waals surface area contributed by atoms with Crippen LogP contribution in [0.3, 0.4) is 0 Å². The number of hydrogen-bond acceptors (Lipinski definition) is 4. The standard InChI is InChI=1S/C22H29N3O3/c1-5-28-20-10-7-6-9-18(20)22(27)23-14-8-11-21(26)24-17-12-13-19(25(3)4)16(2)15-17/h6-7,9-10,12-13,15H,5,8,11,14H2,1-4H3,(H,23,27)(H,24,26). The van der Waals surface area contributed by atoms with Crippen LogP contribution in [0.5, 0.6) is 5.75 Å². The molecule has 2 N–H and O–H groups in total. The molecule has 0 heterocycles. The number of nitrogens with one attached hydrogen (secondary N) is 2. The zero-order valence-corrected chi connectivity index (χ0v) is 17.0. The van der Waals surface area contributed by atoms with Crippen LogP contribution in [0.4, 0.5) is 11.4 Å². The number of benzene rings is 2. The van der Waals surface area contributed by atoms with Gasteiger partial charge in [0.1, 0.15) is 5.75 Å². The van der Waals surface area contributed by atoms with Crippen molar-refractivity contribution in [2.45, 2.75) is 26.7 Å². The van der Waals surface area contributed by atoms with Crippen LogP contribution in [0.1, 0.15) is 35.7 Å². The van der Waals surface area contributed by atoms with Crippen LogP contribution in [-0.2, 0) is 4.79 Å². The van der Waals surface area contributed by atoms with Gasteiger partial charge in [-0.1, -0.05) is 12.1 Å². The Labute approximate surface area is 166 Å². The number of rotatable bonds is 9. The molecule has 6 heteroatoms. The molecule has 0 unspecified atom stereocenters. The van der Waals surface area contributed by atoms with Crippen molar-refractivity contribution in [3.8, 4) is 5.75 Å². The van der Waals surface area contributed by atoms with E-state index in [1.54, 1.807) is 18.2 Å². The van der Waals surface area contributed by atoms with E-state index in [-0.39, 0.29) is 11.8 Å². The highest BCUT2D eigenvalue weighted by Gasteiger charge is 2.11. The molecule has 0 atom stereocenters. The zero-order valence-electron chi connectivity index (χ0n) is 17.0. The van der Waals surface area contributed by atoms with Crippen LogP contribution in [0.2, 0.25) is 0 Å². The number of amides is 2. The number of anilines is 2. The van der Waals surface area contributed by atoms with Crippen molar-refractivity contribution in [3.05, 3.63) is 53.6 Å². The topological polar surface area (TPSA) is 70.7 Å². The molecule has 0 saturated carbocycles. The van der Waals surface area contributed by atoms with Crippen LogP contribution in [0, 0.1) is 6.92 Å². The number of para-hydroxylation sites is 1. The first-order chi connectivity index (χ1) is 13.4. The van der Waals surface area contributed by atoms with Gasteiger partial charge < -0.3 is 20.3 Å². The fraction of sp³-hybridized carbons (Fsp3) is 0.364. The molecule has 0 aliphatic rings. The van der Waals surface area contributed by atoms with Crippen LogP contribution in [-0.4, -0.2) is 39.1 Å². The van der Waals surface area contributed by atoms with E-state index >= 15 is 0 Å². The lowest BCUT2D eigenvalue weighted by atomic mass is 10.1. The molecule has 2 rings (SSSR count). The molecule has 6 nitrogen and oxygen atoms in total. The Balaban J connectivity index is 1.78. The number of hydrogen-bond donors (Lipinski definition) is 2. The van der Waals surface area contributed by atoms with Crippen molar-refractivity contribution in [2.75, 3.05) is 37.5 Å². The molecule has 0 radical (unpaired) electrons. The lowest BCUT2D eigenvalue weighted by Gasteiger charge is -2.16. The molecular weight excluding hydrogens is 354 g/mol. The zero-order chi connectivity index (χ0) is 20.5. The van der Waals surface area contributed by atoms with Crippen LogP contribution in [0.25, 0.3) is 0 Å². The first-order valence-corrected chi connectivity index (χ1v) is 9.50. The van der Waals surface area contributed by atoms with Gasteiger partial charge in [0.05, 0.1) is 12.2 Å². The molecule has 0 aromatic heterocycles. The van der Waals surface area contributed by atoms with Crippen molar-refractivity contribution >= 4 is 23.2 Å². The largest absolute Gasteiger partial charge is 0.493 e. The smallest absolute Gasteiger partial charge is 0.255 e. The third-order valence-corrected chi connectivity index (χ3v) is 4.26. The van der Waals surface area contributed by atoms with Gasteiger partial charge in [-0.2, -0.15) is 0 Å². The highest BCUT2D eigenvalue weighted by atomic mass is 16.5. The van der Waals surface area contributed by atoms with E-state index in [0.717, 1.165) is 16.9 Å². The van der Waals surface area contributed by atoms with Gasteiger partial charge in [-0.15, -0.1) is 0 Å². The van der Waals surface area contributed by atoms with Crippen molar-refractivity contribution in [2.24, 2.45) is 0 Å². The average molecular weight is 383 g/mol. The second kappa shape index (κ2) is 10.3. The Morgan fingerprint density at radius 2 is 1.86 bits per heavy atom. The lowest BCUT2D eigenvalue weighted by molar-refractivity contribution is -0.116. The summed E-state index contributed by atoms with van der Waals surface area (Å²) in [5.41, 5.74) is 3.50. The summed E-state index contributed by atoms with van der Waals surface area (Å²) < 4.78 is 5.47. The normalized spacial score (nSPS) is 10.3. The molecule has 2 aromatic carbocycles. The molecule has 150 valence electrons. The molecule has 0 saturated heterocycles. The Morgan fingerprint density at radius 1 is 1.11 bits per heavy atom. The second-order valence-corrected chi connectivity index (χ2v) is 6.73. The summed E-state index contributed by atoms with van der Waals surface area (Å²) in [6, 6.07) is 13.0. The van der Waals surface area contributed by atoms with Gasteiger partial charge in [0, 0.05) is 38.4 Å². The van der Waals surface area contributed by atoms with E-state index in [2.05, 4.69) is 10.6 Å². The van der Waals surface area contributed by atoms with E-state index in [9.17, 15) is 9.59 Å². The minimum atomic E-state index is -0.195. The Hall–Kier alpha value is -3.02. The van der Waals surface area contributed by atoms with E-state index in [1.807, 2.05) is 57.1 Å². The molecule has 2 aromatic rings. The Morgan fingerprint density at radius 3 is 2.54 bits per heavy atom. The molecule has 0 fully saturated rings. The fourth-order valence-electron chi connectivity index (χ4n) is 2.94. The van der Waals surface area contributed by atoms with Gasteiger partial charge >= 0.3 is 0 Å². The number of nitrogens with zero attached hydrogens (tertiary/aromatic N) is 1. The maximum absolute atomic E-state index is 12.3. The van der Waals surface area contributed by atoms with Gasteiger partial charge in [0.2, 0.25) is 5.91 Å². The summed E-state index contributed by atoms with van der Waals surface area (Å²) in [6.45, 7) is 4.81. The highest BCUT2D eigenvalue weighted by molar-refractivity contribution is 5.97. The monoisotopic (exact) mass is 383 g/mol. The first-order valence-electron chi connectivity index (χ1n) is 9.50. The molecule has 0 aliphatic heterocycles. The molecule has 0 aliphatic carbocycles. The van der Waals surface area contributed by atoms with E-state index in [1.165, 1.54) is 0 Å². The van der Waals surface area contributed by atoms with E-state index < -0.39 is 0 Å². The van der Waals surface area contributed by atoms with E-state index in [0.29, 0.717) is 37.3 Å².